The molecule has 17 heavy (non-hydrogen) atoms. The quantitative estimate of drug-likeness (QED) is 0.762. The molecule has 1 heterocycles. The number of hydrogen-bond acceptors (Lipinski definition) is 4. The Morgan fingerprint density at radius 1 is 1.18 bits per heavy atom. The number of sulfonamides is 1. The van der Waals surface area contributed by atoms with Crippen LogP contribution < -0.4 is 4.72 Å². The zero-order chi connectivity index (χ0) is 12.3. The lowest BCUT2D eigenvalue weighted by Crippen LogP contribution is -2.41. The predicted molar refractivity (Wildman–Crippen MR) is 64.1 cm³/mol. The zero-order valence-corrected chi connectivity index (χ0v) is 10.8. The maximum atomic E-state index is 12.0. The Morgan fingerprint density at radius 3 is 2.47 bits per heavy atom. The van der Waals surface area contributed by atoms with E-state index in [4.69, 9.17) is 4.74 Å². The van der Waals surface area contributed by atoms with Crippen LogP contribution in [0.15, 0.2) is 0 Å². The molecule has 2 atom stereocenters. The van der Waals surface area contributed by atoms with Crippen molar-refractivity contribution in [3.05, 3.63) is 0 Å². The fraction of sp³-hybridized carbons (Fsp3) is 1.00. The summed E-state index contributed by atoms with van der Waals surface area (Å²) in [4.78, 5) is 0. The van der Waals surface area contributed by atoms with Gasteiger partial charge in [0.2, 0.25) is 10.0 Å². The maximum absolute atomic E-state index is 12.0. The van der Waals surface area contributed by atoms with Gasteiger partial charge in [-0.2, -0.15) is 0 Å². The maximum Gasteiger partial charge on any atom is 0.214 e. The Bertz CT molecular complexity index is 337. The van der Waals surface area contributed by atoms with E-state index in [-0.39, 0.29) is 17.3 Å². The molecule has 2 rings (SSSR count). The summed E-state index contributed by atoms with van der Waals surface area (Å²) < 4.78 is 31.8. The Kier molecular flexibility index (Phi) is 4.41. The second-order valence-corrected chi connectivity index (χ2v) is 7.01. The highest BCUT2D eigenvalue weighted by atomic mass is 32.2. The molecule has 0 spiro atoms. The van der Waals surface area contributed by atoms with E-state index in [1.165, 1.54) is 0 Å². The van der Waals surface area contributed by atoms with E-state index in [2.05, 4.69) is 4.72 Å². The first-order valence-corrected chi connectivity index (χ1v) is 7.88. The first-order chi connectivity index (χ1) is 8.09. The average Bonchev–Trinajstić information content (AvgIpc) is 2.74. The van der Waals surface area contributed by atoms with Gasteiger partial charge in [0, 0.05) is 19.8 Å². The second kappa shape index (κ2) is 5.65. The molecule has 1 saturated heterocycles. The highest BCUT2D eigenvalue weighted by molar-refractivity contribution is 7.90. The molecule has 0 bridgehead atoms. The lowest BCUT2D eigenvalue weighted by atomic mass is 10.1. The Hall–Kier alpha value is -0.170. The minimum absolute atomic E-state index is 0.0876. The highest BCUT2D eigenvalue weighted by Gasteiger charge is 2.30. The van der Waals surface area contributed by atoms with Gasteiger partial charge in [-0.1, -0.05) is 6.42 Å². The van der Waals surface area contributed by atoms with Crippen LogP contribution in [0, 0.1) is 5.92 Å². The van der Waals surface area contributed by atoms with Crippen molar-refractivity contribution in [2.24, 2.45) is 5.92 Å². The Morgan fingerprint density at radius 2 is 1.88 bits per heavy atom. The molecule has 0 radical (unpaired) electrons. The van der Waals surface area contributed by atoms with Gasteiger partial charge in [-0.15, -0.1) is 0 Å². The lowest BCUT2D eigenvalue weighted by Gasteiger charge is -2.23. The molecule has 1 aliphatic carbocycles. The molecule has 1 aliphatic heterocycles. The fourth-order valence-electron chi connectivity index (χ4n) is 2.58. The molecule has 0 aromatic rings. The molecular weight excluding hydrogens is 242 g/mol. The van der Waals surface area contributed by atoms with Crippen molar-refractivity contribution in [1.82, 2.24) is 4.72 Å². The fourth-order valence-corrected chi connectivity index (χ4v) is 4.08. The first kappa shape index (κ1) is 13.3. The van der Waals surface area contributed by atoms with Crippen LogP contribution in [0.25, 0.3) is 0 Å². The Balaban J connectivity index is 1.84. The number of ether oxygens (including phenoxy) is 1. The minimum Gasteiger partial charge on any atom is -0.393 e. The molecular formula is C11H21NO4S. The van der Waals surface area contributed by atoms with Gasteiger partial charge >= 0.3 is 0 Å². The van der Waals surface area contributed by atoms with Crippen molar-refractivity contribution in [3.63, 3.8) is 0 Å². The summed E-state index contributed by atoms with van der Waals surface area (Å²) >= 11 is 0. The molecule has 0 amide bonds. The van der Waals surface area contributed by atoms with Crippen molar-refractivity contribution < 1.29 is 18.3 Å². The molecule has 0 aromatic carbocycles. The molecule has 100 valence electrons. The summed E-state index contributed by atoms with van der Waals surface area (Å²) in [6, 6.07) is 0. The monoisotopic (exact) mass is 263 g/mol. The number of hydrogen-bond donors (Lipinski definition) is 2. The van der Waals surface area contributed by atoms with Crippen LogP contribution in [0.2, 0.25) is 0 Å². The second-order valence-electron chi connectivity index (χ2n) is 4.96. The van der Waals surface area contributed by atoms with Crippen LogP contribution in [0.5, 0.6) is 0 Å². The molecule has 5 nitrogen and oxygen atoms in total. The number of aliphatic hydroxyl groups is 1. The first-order valence-electron chi connectivity index (χ1n) is 6.34. The standard InChI is InChI=1S/C11H21NO4S/c13-11-3-1-2-9(11)8-12-17(14,15)10-4-6-16-7-5-10/h9-13H,1-8H2. The van der Waals surface area contributed by atoms with Gasteiger partial charge < -0.3 is 9.84 Å². The van der Waals surface area contributed by atoms with Gasteiger partial charge in [0.25, 0.3) is 0 Å². The van der Waals surface area contributed by atoms with E-state index in [1.54, 1.807) is 0 Å². The van der Waals surface area contributed by atoms with Crippen molar-refractivity contribution in [3.8, 4) is 0 Å². The third-order valence-electron chi connectivity index (χ3n) is 3.77. The van der Waals surface area contributed by atoms with E-state index in [0.29, 0.717) is 32.6 Å². The number of aliphatic hydroxyl groups excluding tert-OH is 1. The van der Waals surface area contributed by atoms with E-state index in [9.17, 15) is 13.5 Å². The highest BCUT2D eigenvalue weighted by Crippen LogP contribution is 2.25. The van der Waals surface area contributed by atoms with E-state index < -0.39 is 10.0 Å². The third kappa shape index (κ3) is 3.40. The zero-order valence-electron chi connectivity index (χ0n) is 9.97. The third-order valence-corrected chi connectivity index (χ3v) is 5.69. The van der Waals surface area contributed by atoms with Crippen LogP contribution >= 0.6 is 0 Å². The smallest absolute Gasteiger partial charge is 0.214 e. The van der Waals surface area contributed by atoms with Crippen molar-refractivity contribution in [2.75, 3.05) is 19.8 Å². The van der Waals surface area contributed by atoms with Gasteiger partial charge in [-0.3, -0.25) is 0 Å². The van der Waals surface area contributed by atoms with Gasteiger partial charge in [-0.25, -0.2) is 13.1 Å². The van der Waals surface area contributed by atoms with Crippen LogP contribution in [-0.2, 0) is 14.8 Å². The molecule has 2 N–H and O–H groups in total. The normalized spacial score (nSPS) is 31.8. The van der Waals surface area contributed by atoms with Crippen molar-refractivity contribution >= 4 is 10.0 Å². The number of rotatable bonds is 4. The van der Waals surface area contributed by atoms with Gasteiger partial charge in [0.1, 0.15) is 0 Å². The van der Waals surface area contributed by atoms with E-state index in [0.717, 1.165) is 19.3 Å². The minimum atomic E-state index is -3.24. The molecule has 2 unspecified atom stereocenters. The van der Waals surface area contributed by atoms with Gasteiger partial charge in [0.05, 0.1) is 11.4 Å². The topological polar surface area (TPSA) is 75.6 Å². The summed E-state index contributed by atoms with van der Waals surface area (Å²) in [6.07, 6.45) is 3.50. The summed E-state index contributed by atoms with van der Waals surface area (Å²) in [5.74, 6) is 0.0876. The van der Waals surface area contributed by atoms with Crippen LogP contribution in [0.4, 0.5) is 0 Å². The largest absolute Gasteiger partial charge is 0.393 e. The van der Waals surface area contributed by atoms with Crippen LogP contribution in [-0.4, -0.2) is 44.6 Å². The van der Waals surface area contributed by atoms with Crippen molar-refractivity contribution in [2.45, 2.75) is 43.5 Å². The van der Waals surface area contributed by atoms with Crippen LogP contribution in [0.1, 0.15) is 32.1 Å². The Labute approximate surface area is 103 Å². The predicted octanol–water partition coefficient (Wildman–Crippen LogP) is 0.246. The van der Waals surface area contributed by atoms with E-state index >= 15 is 0 Å². The summed E-state index contributed by atoms with van der Waals surface area (Å²) in [5, 5.41) is 9.32. The lowest BCUT2D eigenvalue weighted by molar-refractivity contribution is 0.0979. The average molecular weight is 263 g/mol. The summed E-state index contributed by atoms with van der Waals surface area (Å²) in [5.41, 5.74) is 0. The summed E-state index contributed by atoms with van der Waals surface area (Å²) in [6.45, 7) is 1.43. The van der Waals surface area contributed by atoms with E-state index in [1.807, 2.05) is 0 Å². The molecule has 6 heteroatoms. The van der Waals surface area contributed by atoms with Gasteiger partial charge in [0.15, 0.2) is 0 Å². The molecule has 2 fully saturated rings. The number of nitrogens with one attached hydrogen (secondary N) is 1. The van der Waals surface area contributed by atoms with Crippen LogP contribution in [0.3, 0.4) is 0 Å². The molecule has 2 aliphatic rings. The SMILES string of the molecule is O=S(=O)(NCC1CCCC1O)C1CCOCC1. The molecule has 0 aromatic heterocycles. The van der Waals surface area contributed by atoms with Crippen molar-refractivity contribution in [1.29, 1.82) is 0 Å². The summed E-state index contributed by atoms with van der Waals surface area (Å²) in [7, 11) is -3.24. The van der Waals surface area contributed by atoms with Gasteiger partial charge in [-0.05, 0) is 31.6 Å². The molecule has 1 saturated carbocycles.